The minimum absolute atomic E-state index is 0.449. The lowest BCUT2D eigenvalue weighted by Gasteiger charge is -2.08. The summed E-state index contributed by atoms with van der Waals surface area (Å²) in [6.45, 7) is 2.51. The molecular formula is C14H16N2O. The standard InChI is InChI=1S/C14H16N2O/c1-10-3-5-11(6-4-10)13-7-12(8-15)14(17-2)9-16-13/h3-7,9H,8,15H2,1-2H3. The predicted molar refractivity (Wildman–Crippen MR) is 68.9 cm³/mol. The predicted octanol–water partition coefficient (Wildman–Crippen LogP) is 2.52. The third kappa shape index (κ3) is 2.45. The highest BCUT2D eigenvalue weighted by Crippen LogP contribution is 2.23. The van der Waals surface area contributed by atoms with Gasteiger partial charge in [0.05, 0.1) is 19.0 Å². The van der Waals surface area contributed by atoms with Crippen LogP contribution in [0.15, 0.2) is 36.5 Å². The summed E-state index contributed by atoms with van der Waals surface area (Å²) < 4.78 is 5.20. The smallest absolute Gasteiger partial charge is 0.141 e. The number of hydrogen-bond acceptors (Lipinski definition) is 3. The number of hydrogen-bond donors (Lipinski definition) is 1. The maximum Gasteiger partial charge on any atom is 0.141 e. The molecule has 17 heavy (non-hydrogen) atoms. The highest BCUT2D eigenvalue weighted by molar-refractivity contribution is 5.61. The van der Waals surface area contributed by atoms with Crippen LogP contribution in [0.2, 0.25) is 0 Å². The lowest BCUT2D eigenvalue weighted by Crippen LogP contribution is -2.01. The number of benzene rings is 1. The SMILES string of the molecule is COc1cnc(-c2ccc(C)cc2)cc1CN. The molecular weight excluding hydrogens is 212 g/mol. The Balaban J connectivity index is 2.42. The fraction of sp³-hybridized carbons (Fsp3) is 0.214. The number of ether oxygens (including phenoxy) is 1. The fourth-order valence-electron chi connectivity index (χ4n) is 1.71. The van der Waals surface area contributed by atoms with Crippen molar-refractivity contribution < 1.29 is 4.74 Å². The summed E-state index contributed by atoms with van der Waals surface area (Å²) >= 11 is 0. The molecule has 0 atom stereocenters. The molecule has 0 fully saturated rings. The van der Waals surface area contributed by atoms with E-state index in [1.54, 1.807) is 13.3 Å². The summed E-state index contributed by atoms with van der Waals surface area (Å²) in [5.41, 5.74) is 9.91. The number of methoxy groups -OCH3 is 1. The molecule has 3 heteroatoms. The molecule has 0 saturated heterocycles. The first kappa shape index (κ1) is 11.6. The van der Waals surface area contributed by atoms with Crippen molar-refractivity contribution in [2.75, 3.05) is 7.11 Å². The maximum atomic E-state index is 5.69. The van der Waals surface area contributed by atoms with Gasteiger partial charge in [0.25, 0.3) is 0 Å². The first-order valence-corrected chi connectivity index (χ1v) is 5.54. The topological polar surface area (TPSA) is 48.1 Å². The number of rotatable bonds is 3. The van der Waals surface area contributed by atoms with E-state index in [0.717, 1.165) is 22.6 Å². The normalized spacial score (nSPS) is 10.3. The van der Waals surface area contributed by atoms with Crippen LogP contribution < -0.4 is 10.5 Å². The number of nitrogens with two attached hydrogens (primary N) is 1. The maximum absolute atomic E-state index is 5.69. The Morgan fingerprint density at radius 1 is 1.24 bits per heavy atom. The minimum Gasteiger partial charge on any atom is -0.495 e. The van der Waals surface area contributed by atoms with Crippen LogP contribution in [0.1, 0.15) is 11.1 Å². The number of nitrogens with zero attached hydrogens (tertiary/aromatic N) is 1. The molecule has 0 saturated carbocycles. The summed E-state index contributed by atoms with van der Waals surface area (Å²) in [6.07, 6.45) is 1.72. The fourth-order valence-corrected chi connectivity index (χ4v) is 1.71. The third-order valence-electron chi connectivity index (χ3n) is 2.74. The number of pyridine rings is 1. The molecule has 1 aromatic heterocycles. The van der Waals surface area contributed by atoms with Gasteiger partial charge in [-0.1, -0.05) is 29.8 Å². The molecule has 0 aliphatic rings. The van der Waals surface area contributed by atoms with Gasteiger partial charge >= 0.3 is 0 Å². The lowest BCUT2D eigenvalue weighted by molar-refractivity contribution is 0.408. The molecule has 0 spiro atoms. The van der Waals surface area contributed by atoms with Gasteiger partial charge in [0.15, 0.2) is 0 Å². The molecule has 88 valence electrons. The van der Waals surface area contributed by atoms with E-state index in [4.69, 9.17) is 10.5 Å². The van der Waals surface area contributed by atoms with Crippen molar-refractivity contribution in [2.45, 2.75) is 13.5 Å². The van der Waals surface area contributed by atoms with Gasteiger partial charge in [-0.15, -0.1) is 0 Å². The molecule has 0 radical (unpaired) electrons. The number of aryl methyl sites for hydroxylation is 1. The van der Waals surface area contributed by atoms with Crippen LogP contribution in [0.4, 0.5) is 0 Å². The molecule has 0 aliphatic carbocycles. The van der Waals surface area contributed by atoms with Crippen molar-refractivity contribution in [3.05, 3.63) is 47.7 Å². The Bertz CT molecular complexity index is 506. The highest BCUT2D eigenvalue weighted by Gasteiger charge is 2.05. The molecule has 2 aromatic rings. The van der Waals surface area contributed by atoms with Gasteiger partial charge in [-0.2, -0.15) is 0 Å². The monoisotopic (exact) mass is 228 g/mol. The van der Waals surface area contributed by atoms with Gasteiger partial charge in [-0.25, -0.2) is 0 Å². The molecule has 0 bridgehead atoms. The van der Waals surface area contributed by atoms with Crippen LogP contribution in [-0.4, -0.2) is 12.1 Å². The zero-order chi connectivity index (χ0) is 12.3. The van der Waals surface area contributed by atoms with Crippen molar-refractivity contribution in [1.82, 2.24) is 4.98 Å². The van der Waals surface area contributed by atoms with E-state index >= 15 is 0 Å². The van der Waals surface area contributed by atoms with Crippen LogP contribution >= 0.6 is 0 Å². The second kappa shape index (κ2) is 4.97. The van der Waals surface area contributed by atoms with E-state index in [1.165, 1.54) is 5.56 Å². The van der Waals surface area contributed by atoms with Crippen LogP contribution in [-0.2, 0) is 6.54 Å². The largest absolute Gasteiger partial charge is 0.495 e. The molecule has 0 unspecified atom stereocenters. The number of aromatic nitrogens is 1. The summed E-state index contributed by atoms with van der Waals surface area (Å²) in [7, 11) is 1.63. The molecule has 0 amide bonds. The second-order valence-corrected chi connectivity index (χ2v) is 3.95. The highest BCUT2D eigenvalue weighted by atomic mass is 16.5. The van der Waals surface area contributed by atoms with E-state index in [-0.39, 0.29) is 0 Å². The van der Waals surface area contributed by atoms with Gasteiger partial charge in [-0.05, 0) is 13.0 Å². The molecule has 3 nitrogen and oxygen atoms in total. The zero-order valence-electron chi connectivity index (χ0n) is 10.1. The molecule has 1 aromatic carbocycles. The second-order valence-electron chi connectivity index (χ2n) is 3.95. The lowest BCUT2D eigenvalue weighted by atomic mass is 10.1. The first-order chi connectivity index (χ1) is 8.24. The van der Waals surface area contributed by atoms with E-state index in [9.17, 15) is 0 Å². The summed E-state index contributed by atoms with van der Waals surface area (Å²) in [4.78, 5) is 4.38. The van der Waals surface area contributed by atoms with E-state index in [0.29, 0.717) is 6.54 Å². The average molecular weight is 228 g/mol. The summed E-state index contributed by atoms with van der Waals surface area (Å²) in [6, 6.07) is 10.2. The van der Waals surface area contributed by atoms with Gasteiger partial charge in [0.2, 0.25) is 0 Å². The van der Waals surface area contributed by atoms with Crippen LogP contribution in [0, 0.1) is 6.92 Å². The first-order valence-electron chi connectivity index (χ1n) is 5.54. The van der Waals surface area contributed by atoms with Crippen LogP contribution in [0.25, 0.3) is 11.3 Å². The van der Waals surface area contributed by atoms with E-state index in [2.05, 4.69) is 36.2 Å². The van der Waals surface area contributed by atoms with E-state index in [1.807, 2.05) is 6.07 Å². The molecule has 1 heterocycles. The molecule has 2 rings (SSSR count). The average Bonchev–Trinajstić information content (AvgIpc) is 2.39. The quantitative estimate of drug-likeness (QED) is 0.878. The van der Waals surface area contributed by atoms with Gasteiger partial charge in [0, 0.05) is 17.7 Å². The van der Waals surface area contributed by atoms with E-state index < -0.39 is 0 Å². The Kier molecular flexibility index (Phi) is 3.40. The van der Waals surface area contributed by atoms with Crippen molar-refractivity contribution >= 4 is 0 Å². The Hall–Kier alpha value is -1.87. The van der Waals surface area contributed by atoms with Gasteiger partial charge in [-0.3, -0.25) is 4.98 Å². The summed E-state index contributed by atoms with van der Waals surface area (Å²) in [5, 5.41) is 0. The van der Waals surface area contributed by atoms with Crippen molar-refractivity contribution in [3.63, 3.8) is 0 Å². The van der Waals surface area contributed by atoms with Crippen LogP contribution in [0.3, 0.4) is 0 Å². The minimum atomic E-state index is 0.449. The summed E-state index contributed by atoms with van der Waals surface area (Å²) in [5.74, 6) is 0.739. The Morgan fingerprint density at radius 3 is 2.53 bits per heavy atom. The van der Waals surface area contributed by atoms with Crippen molar-refractivity contribution in [1.29, 1.82) is 0 Å². The molecule has 0 aliphatic heterocycles. The third-order valence-corrected chi connectivity index (χ3v) is 2.74. The zero-order valence-corrected chi connectivity index (χ0v) is 10.1. The van der Waals surface area contributed by atoms with Gasteiger partial charge < -0.3 is 10.5 Å². The van der Waals surface area contributed by atoms with Crippen molar-refractivity contribution in [3.8, 4) is 17.0 Å². The Morgan fingerprint density at radius 2 is 1.94 bits per heavy atom. The van der Waals surface area contributed by atoms with Gasteiger partial charge in [0.1, 0.15) is 5.75 Å². The van der Waals surface area contributed by atoms with Crippen molar-refractivity contribution in [2.24, 2.45) is 5.73 Å². The Labute approximate surface area is 101 Å². The van der Waals surface area contributed by atoms with Crippen LogP contribution in [0.5, 0.6) is 5.75 Å². The molecule has 2 N–H and O–H groups in total.